The van der Waals surface area contributed by atoms with Gasteiger partial charge in [-0.25, -0.2) is 4.98 Å². The van der Waals surface area contributed by atoms with Crippen molar-refractivity contribution in [1.29, 1.82) is 0 Å². The van der Waals surface area contributed by atoms with Gasteiger partial charge in [0, 0.05) is 19.1 Å². The molecule has 1 aromatic carbocycles. The van der Waals surface area contributed by atoms with Crippen molar-refractivity contribution in [3.05, 3.63) is 30.1 Å². The zero-order chi connectivity index (χ0) is 16.8. The summed E-state index contributed by atoms with van der Waals surface area (Å²) in [6.45, 7) is 4.59. The van der Waals surface area contributed by atoms with Gasteiger partial charge in [0.2, 0.25) is 5.91 Å². The number of carbonyl (C=O) groups excluding carboxylic acids is 1. The molecule has 1 aliphatic carbocycles. The van der Waals surface area contributed by atoms with Crippen LogP contribution in [0.15, 0.2) is 24.3 Å². The highest BCUT2D eigenvalue weighted by Crippen LogP contribution is 2.24. The normalized spacial score (nSPS) is 15.7. The monoisotopic (exact) mass is 329 g/mol. The molecule has 1 amide bonds. The number of nitrogens with one attached hydrogen (secondary N) is 1. The lowest BCUT2D eigenvalue weighted by Crippen LogP contribution is -2.32. The van der Waals surface area contributed by atoms with E-state index < -0.39 is 0 Å². The minimum Gasteiger partial charge on any atom is -0.380 e. The smallest absolute Gasteiger partial charge is 0.223 e. The van der Waals surface area contributed by atoms with Crippen LogP contribution in [0.3, 0.4) is 0 Å². The lowest BCUT2D eigenvalue weighted by Gasteiger charge is -2.20. The summed E-state index contributed by atoms with van der Waals surface area (Å²) in [5.74, 6) is 1.26. The Morgan fingerprint density at radius 3 is 2.88 bits per heavy atom. The molecule has 5 heteroatoms. The van der Waals surface area contributed by atoms with Crippen molar-refractivity contribution >= 4 is 16.9 Å². The van der Waals surface area contributed by atoms with Gasteiger partial charge in [-0.3, -0.25) is 4.79 Å². The third-order valence-corrected chi connectivity index (χ3v) is 4.79. The summed E-state index contributed by atoms with van der Waals surface area (Å²) in [6.07, 6.45) is 5.64. The topological polar surface area (TPSA) is 56.1 Å². The van der Waals surface area contributed by atoms with Crippen LogP contribution in [0.1, 0.15) is 44.9 Å². The number of carbonyl (C=O) groups is 1. The summed E-state index contributed by atoms with van der Waals surface area (Å²) < 4.78 is 7.65. The number of amides is 1. The maximum atomic E-state index is 12.4. The largest absolute Gasteiger partial charge is 0.380 e. The molecule has 5 nitrogen and oxygen atoms in total. The minimum atomic E-state index is 0.179. The minimum absolute atomic E-state index is 0.179. The molecule has 1 heterocycles. The van der Waals surface area contributed by atoms with E-state index in [4.69, 9.17) is 9.72 Å². The van der Waals surface area contributed by atoms with E-state index in [2.05, 4.69) is 16.0 Å². The number of fused-ring (bicyclic) bond motifs is 1. The number of rotatable bonds is 7. The predicted molar refractivity (Wildman–Crippen MR) is 94.6 cm³/mol. The lowest BCUT2D eigenvalue weighted by atomic mass is 9.89. The van der Waals surface area contributed by atoms with Crippen LogP contribution in [-0.2, 0) is 22.6 Å². The first-order valence-electron chi connectivity index (χ1n) is 9.09. The number of ether oxygens (including phenoxy) is 1. The Morgan fingerprint density at radius 1 is 1.29 bits per heavy atom. The molecule has 0 radical (unpaired) electrons. The van der Waals surface area contributed by atoms with E-state index in [1.165, 1.54) is 19.3 Å². The Bertz CT molecular complexity index is 674. The summed E-state index contributed by atoms with van der Waals surface area (Å²) in [7, 11) is 0. The highest BCUT2D eigenvalue weighted by molar-refractivity contribution is 5.79. The highest BCUT2D eigenvalue weighted by Gasteiger charge is 2.21. The second-order valence-corrected chi connectivity index (χ2v) is 6.42. The molecule has 1 N–H and O–H groups in total. The summed E-state index contributed by atoms with van der Waals surface area (Å²) >= 11 is 0. The molecule has 0 unspecified atom stereocenters. The van der Waals surface area contributed by atoms with Gasteiger partial charge >= 0.3 is 0 Å². The molecule has 1 fully saturated rings. The average Bonchev–Trinajstić information content (AvgIpc) is 2.98. The van der Waals surface area contributed by atoms with Crippen LogP contribution in [0.2, 0.25) is 0 Å². The molecule has 3 rings (SSSR count). The summed E-state index contributed by atoms with van der Waals surface area (Å²) in [5, 5.41) is 3.10. The maximum Gasteiger partial charge on any atom is 0.223 e. The van der Waals surface area contributed by atoms with Crippen LogP contribution in [0, 0.1) is 5.92 Å². The van der Waals surface area contributed by atoms with E-state index in [0.29, 0.717) is 19.8 Å². The number of hydrogen-bond acceptors (Lipinski definition) is 3. The molecule has 2 aromatic rings. The van der Waals surface area contributed by atoms with Crippen LogP contribution < -0.4 is 5.32 Å². The number of hydrogen-bond donors (Lipinski definition) is 1. The van der Waals surface area contributed by atoms with Crippen molar-refractivity contribution in [2.75, 3.05) is 13.2 Å². The fraction of sp³-hybridized carbons (Fsp3) is 0.579. The quantitative estimate of drug-likeness (QED) is 0.793. The van der Waals surface area contributed by atoms with Gasteiger partial charge in [0.05, 0.1) is 24.2 Å². The number of para-hydroxylation sites is 2. The predicted octanol–water partition coefficient (Wildman–Crippen LogP) is 3.27. The maximum absolute atomic E-state index is 12.4. The molecule has 0 bridgehead atoms. The number of nitrogens with zero attached hydrogens (tertiary/aromatic N) is 2. The molecule has 24 heavy (non-hydrogen) atoms. The molecular formula is C19H27N3O2. The van der Waals surface area contributed by atoms with Crippen LogP contribution >= 0.6 is 0 Å². The first-order valence-corrected chi connectivity index (χ1v) is 9.09. The van der Waals surface area contributed by atoms with Crippen molar-refractivity contribution in [3.63, 3.8) is 0 Å². The first kappa shape index (κ1) is 17.0. The Labute approximate surface area is 143 Å². The SMILES string of the molecule is CCOCCn1c(CNC(=O)C2CCCCC2)nc2ccccc21. The molecule has 1 aliphatic rings. The van der Waals surface area contributed by atoms with Crippen molar-refractivity contribution in [3.8, 4) is 0 Å². The van der Waals surface area contributed by atoms with Gasteiger partial charge in [-0.15, -0.1) is 0 Å². The van der Waals surface area contributed by atoms with Crippen LogP contribution in [0.4, 0.5) is 0 Å². The van der Waals surface area contributed by atoms with Gasteiger partial charge in [0.25, 0.3) is 0 Å². The van der Waals surface area contributed by atoms with E-state index in [1.54, 1.807) is 0 Å². The number of imidazole rings is 1. The van der Waals surface area contributed by atoms with Crippen molar-refractivity contribution in [1.82, 2.24) is 14.9 Å². The van der Waals surface area contributed by atoms with Crippen LogP contribution in [0.5, 0.6) is 0 Å². The standard InChI is InChI=1S/C19H27N3O2/c1-2-24-13-12-22-17-11-7-6-10-16(17)21-18(22)14-20-19(23)15-8-4-3-5-9-15/h6-7,10-11,15H,2-5,8-9,12-14H2,1H3,(H,20,23). The van der Waals surface area contributed by atoms with Gasteiger partial charge in [-0.2, -0.15) is 0 Å². The Kier molecular flexibility index (Phi) is 5.86. The molecule has 130 valence electrons. The third-order valence-electron chi connectivity index (χ3n) is 4.79. The average molecular weight is 329 g/mol. The first-order chi connectivity index (χ1) is 11.8. The van der Waals surface area contributed by atoms with Crippen molar-refractivity contribution in [2.45, 2.75) is 52.1 Å². The molecule has 0 aliphatic heterocycles. The fourth-order valence-electron chi connectivity index (χ4n) is 3.49. The summed E-state index contributed by atoms with van der Waals surface area (Å²) in [6, 6.07) is 8.10. The van der Waals surface area contributed by atoms with E-state index in [0.717, 1.165) is 36.2 Å². The van der Waals surface area contributed by atoms with E-state index >= 15 is 0 Å². The molecule has 0 atom stereocenters. The Morgan fingerprint density at radius 2 is 2.08 bits per heavy atom. The number of aromatic nitrogens is 2. The molecule has 0 saturated heterocycles. The van der Waals surface area contributed by atoms with Gasteiger partial charge in [0.1, 0.15) is 5.82 Å². The van der Waals surface area contributed by atoms with Gasteiger partial charge in [-0.05, 0) is 31.9 Å². The Hall–Kier alpha value is -1.88. The van der Waals surface area contributed by atoms with Crippen LogP contribution in [-0.4, -0.2) is 28.7 Å². The van der Waals surface area contributed by atoms with Gasteiger partial charge in [0.15, 0.2) is 0 Å². The van der Waals surface area contributed by atoms with Gasteiger partial charge < -0.3 is 14.6 Å². The summed E-state index contributed by atoms with van der Waals surface area (Å²) in [5.41, 5.74) is 2.06. The number of benzene rings is 1. The molecular weight excluding hydrogens is 302 g/mol. The zero-order valence-electron chi connectivity index (χ0n) is 14.5. The highest BCUT2D eigenvalue weighted by atomic mass is 16.5. The lowest BCUT2D eigenvalue weighted by molar-refractivity contribution is -0.126. The fourth-order valence-corrected chi connectivity index (χ4v) is 3.49. The van der Waals surface area contributed by atoms with Crippen molar-refractivity contribution < 1.29 is 9.53 Å². The van der Waals surface area contributed by atoms with E-state index in [1.807, 2.05) is 25.1 Å². The summed E-state index contributed by atoms with van der Waals surface area (Å²) in [4.78, 5) is 17.1. The third kappa shape index (κ3) is 3.96. The van der Waals surface area contributed by atoms with E-state index in [9.17, 15) is 4.79 Å². The molecule has 0 spiro atoms. The second-order valence-electron chi connectivity index (χ2n) is 6.42. The van der Waals surface area contributed by atoms with Gasteiger partial charge in [-0.1, -0.05) is 31.4 Å². The Balaban J connectivity index is 1.70. The molecule has 1 saturated carbocycles. The second kappa shape index (κ2) is 8.29. The van der Waals surface area contributed by atoms with E-state index in [-0.39, 0.29) is 11.8 Å². The van der Waals surface area contributed by atoms with Crippen molar-refractivity contribution in [2.24, 2.45) is 5.92 Å². The van der Waals surface area contributed by atoms with Crippen LogP contribution in [0.25, 0.3) is 11.0 Å². The zero-order valence-corrected chi connectivity index (χ0v) is 14.5. The molecule has 1 aromatic heterocycles.